The molecule has 0 aliphatic heterocycles. The monoisotopic (exact) mass is 492 g/mol. The molecule has 37 heavy (non-hydrogen) atoms. The van der Waals surface area contributed by atoms with E-state index in [1.54, 1.807) is 0 Å². The van der Waals surface area contributed by atoms with Gasteiger partial charge in [-0.2, -0.15) is 0 Å². The second-order valence-electron chi connectivity index (χ2n) is 9.09. The van der Waals surface area contributed by atoms with Crippen molar-refractivity contribution < 1.29 is 14.3 Å². The van der Waals surface area contributed by atoms with Crippen LogP contribution in [0.3, 0.4) is 0 Å². The van der Waals surface area contributed by atoms with Crippen LogP contribution >= 0.6 is 0 Å². The molecule has 0 aromatic heterocycles. The summed E-state index contributed by atoms with van der Waals surface area (Å²) in [6.45, 7) is 0.643. The van der Waals surface area contributed by atoms with Gasteiger partial charge in [0.25, 0.3) is 0 Å². The molecule has 0 saturated heterocycles. The van der Waals surface area contributed by atoms with Crippen LogP contribution in [0.25, 0.3) is 22.3 Å². The Morgan fingerprint density at radius 1 is 0.703 bits per heavy atom. The second kappa shape index (κ2) is 15.2. The van der Waals surface area contributed by atoms with E-state index in [-0.39, 0.29) is 5.97 Å². The zero-order chi connectivity index (χ0) is 26.3. The standard InChI is InChI=1S/C34H36O3/c1-4-27-18-13-15-20-30(27)29-23-24-32(31-21-16-14-19-28(31)5-2)33(26-29)37-25-17-11-9-7-6-8-10-12-22-34(35)36-3/h1-2,13-16,18-21,23-24,26H,6-12,17,22,25H2,3H3. The molecule has 190 valence electrons. The van der Waals surface area contributed by atoms with Gasteiger partial charge in [0.05, 0.1) is 13.7 Å². The summed E-state index contributed by atoms with van der Waals surface area (Å²) >= 11 is 0. The maximum atomic E-state index is 11.2. The topological polar surface area (TPSA) is 35.5 Å². The lowest BCUT2D eigenvalue weighted by atomic mass is 9.94. The Morgan fingerprint density at radius 3 is 1.92 bits per heavy atom. The van der Waals surface area contributed by atoms with Gasteiger partial charge >= 0.3 is 5.97 Å². The molecule has 0 saturated carbocycles. The van der Waals surface area contributed by atoms with Crippen LogP contribution in [0.1, 0.15) is 68.9 Å². The van der Waals surface area contributed by atoms with Crippen molar-refractivity contribution in [3.8, 4) is 52.7 Å². The van der Waals surface area contributed by atoms with E-state index in [1.807, 2.05) is 48.5 Å². The Kier molecular flexibility index (Phi) is 11.4. The van der Waals surface area contributed by atoms with E-state index in [1.165, 1.54) is 26.4 Å². The van der Waals surface area contributed by atoms with E-state index in [2.05, 4.69) is 34.8 Å². The molecule has 0 radical (unpaired) electrons. The van der Waals surface area contributed by atoms with Gasteiger partial charge in [-0.1, -0.05) is 92.8 Å². The van der Waals surface area contributed by atoms with Gasteiger partial charge in [-0.05, 0) is 48.2 Å². The molecule has 0 N–H and O–H groups in total. The molecule has 3 rings (SSSR count). The van der Waals surface area contributed by atoms with Crippen molar-refractivity contribution in [3.63, 3.8) is 0 Å². The Labute approximate surface area is 222 Å². The van der Waals surface area contributed by atoms with Crippen molar-refractivity contribution in [1.82, 2.24) is 0 Å². The van der Waals surface area contributed by atoms with Gasteiger partial charge in [0, 0.05) is 28.7 Å². The first-order valence-corrected chi connectivity index (χ1v) is 13.1. The van der Waals surface area contributed by atoms with Crippen LogP contribution in [0.15, 0.2) is 66.7 Å². The van der Waals surface area contributed by atoms with Crippen LogP contribution in [0.2, 0.25) is 0 Å². The summed E-state index contributed by atoms with van der Waals surface area (Å²) in [5.41, 5.74) is 5.72. The Balaban J connectivity index is 1.60. The van der Waals surface area contributed by atoms with E-state index in [9.17, 15) is 4.79 Å². The van der Waals surface area contributed by atoms with Crippen molar-refractivity contribution in [2.75, 3.05) is 13.7 Å². The van der Waals surface area contributed by atoms with Gasteiger partial charge in [-0.15, -0.1) is 12.8 Å². The average Bonchev–Trinajstić information content (AvgIpc) is 2.95. The summed E-state index contributed by atoms with van der Waals surface area (Å²) in [7, 11) is 1.44. The zero-order valence-corrected chi connectivity index (χ0v) is 21.8. The quantitative estimate of drug-likeness (QED) is 0.130. The predicted octanol–water partition coefficient (Wildman–Crippen LogP) is 8.05. The summed E-state index contributed by atoms with van der Waals surface area (Å²) in [5, 5.41) is 0. The zero-order valence-electron chi connectivity index (χ0n) is 21.8. The number of hydrogen-bond acceptors (Lipinski definition) is 3. The average molecular weight is 493 g/mol. The van der Waals surface area contributed by atoms with E-state index < -0.39 is 0 Å². The molecule has 0 unspecified atom stereocenters. The number of methoxy groups -OCH3 is 1. The van der Waals surface area contributed by atoms with Crippen LogP contribution in [0, 0.1) is 24.7 Å². The molecule has 3 heteroatoms. The molecule has 0 fully saturated rings. The molecular formula is C34H36O3. The summed E-state index contributed by atoms with van der Waals surface area (Å²) in [5.74, 6) is 6.29. The largest absolute Gasteiger partial charge is 0.493 e. The van der Waals surface area contributed by atoms with Crippen LogP contribution in [0.4, 0.5) is 0 Å². The van der Waals surface area contributed by atoms with Crippen molar-refractivity contribution in [2.24, 2.45) is 0 Å². The molecule has 3 nitrogen and oxygen atoms in total. The smallest absolute Gasteiger partial charge is 0.305 e. The molecule has 0 atom stereocenters. The normalized spacial score (nSPS) is 10.4. The highest BCUT2D eigenvalue weighted by molar-refractivity contribution is 5.81. The molecule has 0 amide bonds. The molecule has 3 aromatic rings. The number of esters is 1. The van der Waals surface area contributed by atoms with Gasteiger partial charge in [-0.25, -0.2) is 0 Å². The molecule has 3 aromatic carbocycles. The number of carbonyl (C=O) groups excluding carboxylic acids is 1. The molecule has 0 bridgehead atoms. The molecule has 0 aliphatic carbocycles. The van der Waals surface area contributed by atoms with Gasteiger partial charge in [-0.3, -0.25) is 4.79 Å². The number of carbonyl (C=O) groups is 1. The lowest BCUT2D eigenvalue weighted by molar-refractivity contribution is -0.140. The molecule has 0 aliphatic rings. The fourth-order valence-corrected chi connectivity index (χ4v) is 4.45. The van der Waals surface area contributed by atoms with E-state index in [0.717, 1.165) is 71.2 Å². The highest BCUT2D eigenvalue weighted by Gasteiger charge is 2.13. The lowest BCUT2D eigenvalue weighted by Crippen LogP contribution is -2.00. The minimum absolute atomic E-state index is 0.114. The third-order valence-corrected chi connectivity index (χ3v) is 6.51. The highest BCUT2D eigenvalue weighted by Crippen LogP contribution is 2.37. The van der Waals surface area contributed by atoms with Gasteiger partial charge < -0.3 is 9.47 Å². The van der Waals surface area contributed by atoms with E-state index in [4.69, 9.17) is 17.6 Å². The number of unbranched alkanes of at least 4 members (excludes halogenated alkanes) is 7. The third kappa shape index (κ3) is 8.30. The molecule has 0 spiro atoms. The number of rotatable bonds is 14. The van der Waals surface area contributed by atoms with Crippen molar-refractivity contribution in [1.29, 1.82) is 0 Å². The Morgan fingerprint density at radius 2 is 1.27 bits per heavy atom. The second-order valence-corrected chi connectivity index (χ2v) is 9.09. The van der Waals surface area contributed by atoms with Crippen LogP contribution in [-0.4, -0.2) is 19.7 Å². The lowest BCUT2D eigenvalue weighted by Gasteiger charge is -2.16. The Hall–Kier alpha value is -3.95. The predicted molar refractivity (Wildman–Crippen MR) is 152 cm³/mol. The highest BCUT2D eigenvalue weighted by atomic mass is 16.5. The minimum Gasteiger partial charge on any atom is -0.493 e. The SMILES string of the molecule is C#Cc1ccccc1-c1ccc(-c2ccccc2C#C)c(OCCCCCCCCCCC(=O)OC)c1. The summed E-state index contributed by atoms with van der Waals surface area (Å²) in [6.07, 6.45) is 20.9. The molecule has 0 heterocycles. The van der Waals surface area contributed by atoms with Crippen molar-refractivity contribution in [2.45, 2.75) is 57.8 Å². The molecular weight excluding hydrogens is 456 g/mol. The van der Waals surface area contributed by atoms with Crippen LogP contribution in [-0.2, 0) is 9.53 Å². The first-order chi connectivity index (χ1) is 18.2. The van der Waals surface area contributed by atoms with Crippen molar-refractivity contribution in [3.05, 3.63) is 77.9 Å². The van der Waals surface area contributed by atoms with E-state index >= 15 is 0 Å². The first kappa shape index (κ1) is 27.6. The van der Waals surface area contributed by atoms with Gasteiger partial charge in [0.1, 0.15) is 5.75 Å². The maximum Gasteiger partial charge on any atom is 0.305 e. The van der Waals surface area contributed by atoms with Gasteiger partial charge in [0.2, 0.25) is 0 Å². The fraction of sp³-hybridized carbons (Fsp3) is 0.324. The Bertz CT molecular complexity index is 1240. The number of terminal acetylenes is 2. The third-order valence-electron chi connectivity index (χ3n) is 6.51. The van der Waals surface area contributed by atoms with Crippen LogP contribution < -0.4 is 4.74 Å². The summed E-state index contributed by atoms with van der Waals surface area (Å²) in [4.78, 5) is 11.2. The van der Waals surface area contributed by atoms with Crippen molar-refractivity contribution >= 4 is 5.97 Å². The first-order valence-electron chi connectivity index (χ1n) is 13.1. The summed E-state index contributed by atoms with van der Waals surface area (Å²) < 4.78 is 11.0. The number of ether oxygens (including phenoxy) is 2. The van der Waals surface area contributed by atoms with E-state index in [0.29, 0.717) is 13.0 Å². The van der Waals surface area contributed by atoms with Gasteiger partial charge in [0.15, 0.2) is 0 Å². The minimum atomic E-state index is -0.114. The number of hydrogen-bond donors (Lipinski definition) is 0. The summed E-state index contributed by atoms with van der Waals surface area (Å²) in [6, 6.07) is 22.1. The number of benzene rings is 3. The van der Waals surface area contributed by atoms with Crippen LogP contribution in [0.5, 0.6) is 5.75 Å². The fourth-order valence-electron chi connectivity index (χ4n) is 4.45. The maximum absolute atomic E-state index is 11.2.